The van der Waals surface area contributed by atoms with Crippen molar-refractivity contribution in [2.45, 2.75) is 19.8 Å². The molecule has 0 radical (unpaired) electrons. The predicted octanol–water partition coefficient (Wildman–Crippen LogP) is 5.41. The Morgan fingerprint density at radius 3 is 1.94 bits per heavy atom. The third-order valence-electron chi connectivity index (χ3n) is 5.31. The van der Waals surface area contributed by atoms with E-state index in [1.54, 1.807) is 6.92 Å². The topological polar surface area (TPSA) is 37.3 Å². The van der Waals surface area contributed by atoms with Gasteiger partial charge in [-0.25, -0.2) is 0 Å². The molecule has 4 aromatic rings. The van der Waals surface area contributed by atoms with Crippen molar-refractivity contribution >= 4 is 25.0 Å². The molecule has 0 saturated heterocycles. The lowest BCUT2D eigenvalue weighted by Crippen LogP contribution is -2.14. The molecule has 3 heteroatoms. The Balaban J connectivity index is 1.75. The van der Waals surface area contributed by atoms with E-state index in [1.807, 2.05) is 60.7 Å². The Bertz CT molecular complexity index is 1180. The van der Waals surface area contributed by atoms with E-state index in [2.05, 4.69) is 36.4 Å². The first kappa shape index (κ1) is 21.0. The molecule has 0 bridgehead atoms. The van der Waals surface area contributed by atoms with Gasteiger partial charge < -0.3 is 5.11 Å². The zero-order valence-electron chi connectivity index (χ0n) is 17.5. The fraction of sp³-hybridized carbons (Fsp3) is 0.107. The maximum atomic E-state index is 12.1. The van der Waals surface area contributed by atoms with Gasteiger partial charge in [-0.15, -0.1) is 0 Å². The van der Waals surface area contributed by atoms with Crippen molar-refractivity contribution in [1.82, 2.24) is 0 Å². The molecule has 0 saturated carbocycles. The highest BCUT2D eigenvalue weighted by Gasteiger charge is 2.14. The summed E-state index contributed by atoms with van der Waals surface area (Å²) in [5, 5.41) is 13.0. The van der Waals surface area contributed by atoms with E-state index < -0.39 is 0 Å². The fourth-order valence-corrected chi connectivity index (χ4v) is 5.18. The van der Waals surface area contributed by atoms with Gasteiger partial charge in [0.15, 0.2) is 5.78 Å². The molecule has 0 spiro atoms. The lowest BCUT2D eigenvalue weighted by molar-refractivity contribution is 0.101. The summed E-state index contributed by atoms with van der Waals surface area (Å²) in [5.41, 5.74) is 5.20. The molecule has 0 heterocycles. The Kier molecular flexibility index (Phi) is 6.60. The molecule has 4 aromatic carbocycles. The first-order valence-corrected chi connectivity index (χ1v) is 11.4. The van der Waals surface area contributed by atoms with Gasteiger partial charge in [0.2, 0.25) is 0 Å². The smallest absolute Gasteiger partial charge is 0.160 e. The number of hydrogen-bond donors (Lipinski definition) is 1. The Hall–Kier alpha value is -3.22. The number of ketones is 1. The molecule has 0 aromatic heterocycles. The molecule has 0 aliphatic carbocycles. The van der Waals surface area contributed by atoms with Crippen LogP contribution in [0.15, 0.2) is 97.1 Å². The van der Waals surface area contributed by atoms with Crippen molar-refractivity contribution in [3.8, 4) is 5.75 Å². The fourth-order valence-electron chi connectivity index (χ4n) is 3.78. The van der Waals surface area contributed by atoms with Crippen molar-refractivity contribution < 1.29 is 9.90 Å². The monoisotopic (exact) mass is 424 g/mol. The highest BCUT2D eigenvalue weighted by molar-refractivity contribution is 7.56. The van der Waals surface area contributed by atoms with Crippen LogP contribution >= 0.6 is 8.58 Å². The molecule has 31 heavy (non-hydrogen) atoms. The molecule has 1 N–H and O–H groups in total. The van der Waals surface area contributed by atoms with E-state index in [4.69, 9.17) is 0 Å². The summed E-state index contributed by atoms with van der Waals surface area (Å²) in [4.78, 5) is 12.1. The zero-order valence-corrected chi connectivity index (χ0v) is 18.5. The molecular weight excluding hydrogens is 399 g/mol. The third-order valence-corrected chi connectivity index (χ3v) is 6.67. The second-order valence-electron chi connectivity index (χ2n) is 7.70. The van der Waals surface area contributed by atoms with Crippen molar-refractivity contribution in [2.24, 2.45) is 0 Å². The van der Waals surface area contributed by atoms with Crippen molar-refractivity contribution in [2.75, 3.05) is 0 Å². The number of Topliss-reactive ketones (excluding diaryl/α,β-unsaturated/α-hetero) is 1. The number of rotatable bonds is 7. The first-order valence-electron chi connectivity index (χ1n) is 10.4. The molecule has 0 amide bonds. The highest BCUT2D eigenvalue weighted by Crippen LogP contribution is 2.28. The molecule has 2 nitrogen and oxygen atoms in total. The highest BCUT2D eigenvalue weighted by atomic mass is 31.1. The van der Waals surface area contributed by atoms with Gasteiger partial charge in [0.1, 0.15) is 5.75 Å². The van der Waals surface area contributed by atoms with E-state index in [0.717, 1.165) is 39.3 Å². The van der Waals surface area contributed by atoms with Crippen LogP contribution in [0.25, 0.3) is 0 Å². The van der Waals surface area contributed by atoms with Gasteiger partial charge in [-0.1, -0.05) is 99.6 Å². The lowest BCUT2D eigenvalue weighted by Gasteiger charge is -2.15. The van der Waals surface area contributed by atoms with Gasteiger partial charge in [-0.05, 0) is 47.0 Å². The normalized spacial score (nSPS) is 11.1. The molecular formula is C28H25O2P. The third kappa shape index (κ3) is 5.29. The molecule has 1 atom stereocenters. The van der Waals surface area contributed by atoms with Crippen LogP contribution in [-0.2, 0) is 12.8 Å². The second kappa shape index (κ2) is 9.73. The van der Waals surface area contributed by atoms with Gasteiger partial charge in [-0.3, -0.25) is 4.79 Å². The average molecular weight is 424 g/mol. The lowest BCUT2D eigenvalue weighted by atomic mass is 9.98. The van der Waals surface area contributed by atoms with Gasteiger partial charge in [-0.2, -0.15) is 0 Å². The SMILES string of the molecule is CC(=O)c1ccccc1Pc1cc(Cc2ccccc2)cc(Cc2ccccc2)c1O. The van der Waals surface area contributed by atoms with Gasteiger partial charge in [0.25, 0.3) is 0 Å². The van der Waals surface area contributed by atoms with E-state index in [1.165, 1.54) is 5.56 Å². The van der Waals surface area contributed by atoms with E-state index in [-0.39, 0.29) is 14.4 Å². The standard InChI is InChI=1S/C28H25O2P/c1-20(29)25-14-8-9-15-26(25)31-27-19-23(16-21-10-4-2-5-11-21)18-24(28(27)30)17-22-12-6-3-7-13-22/h2-15,18-19,30-31H,16-17H2,1H3. The minimum atomic E-state index is 0.0486. The Morgan fingerprint density at radius 2 is 1.29 bits per heavy atom. The second-order valence-corrected chi connectivity index (χ2v) is 9.03. The van der Waals surface area contributed by atoms with Crippen LogP contribution in [0.3, 0.4) is 0 Å². The van der Waals surface area contributed by atoms with Gasteiger partial charge >= 0.3 is 0 Å². The summed E-state index contributed by atoms with van der Waals surface area (Å²) in [5.74, 6) is 0.380. The van der Waals surface area contributed by atoms with E-state index >= 15 is 0 Å². The Labute approximate surface area is 185 Å². The van der Waals surface area contributed by atoms with E-state index in [9.17, 15) is 9.90 Å². The summed E-state index contributed by atoms with van der Waals surface area (Å²) in [6, 6.07) is 32.4. The summed E-state index contributed by atoms with van der Waals surface area (Å²) in [6.07, 6.45) is 1.47. The summed E-state index contributed by atoms with van der Waals surface area (Å²) >= 11 is 0. The molecule has 1 unspecified atom stereocenters. The molecule has 154 valence electrons. The predicted molar refractivity (Wildman–Crippen MR) is 131 cm³/mol. The van der Waals surface area contributed by atoms with Crippen LogP contribution < -0.4 is 10.6 Å². The minimum Gasteiger partial charge on any atom is -0.507 e. The minimum absolute atomic E-state index is 0.0486. The van der Waals surface area contributed by atoms with Crippen LogP contribution in [0.1, 0.15) is 39.5 Å². The van der Waals surface area contributed by atoms with Crippen molar-refractivity contribution in [3.63, 3.8) is 0 Å². The quantitative estimate of drug-likeness (QED) is 0.318. The number of phenols is 1. The molecule has 0 aliphatic rings. The van der Waals surface area contributed by atoms with Crippen LogP contribution in [-0.4, -0.2) is 10.9 Å². The zero-order chi connectivity index (χ0) is 21.6. The number of carbonyl (C=O) groups excluding carboxylic acids is 1. The largest absolute Gasteiger partial charge is 0.507 e. The van der Waals surface area contributed by atoms with Crippen molar-refractivity contribution in [1.29, 1.82) is 0 Å². The molecule has 0 fully saturated rings. The summed E-state index contributed by atoms with van der Waals surface area (Å²) in [7, 11) is 0.211. The maximum Gasteiger partial charge on any atom is 0.160 e. The number of carbonyl (C=O) groups is 1. The average Bonchev–Trinajstić information content (AvgIpc) is 2.78. The summed E-state index contributed by atoms with van der Waals surface area (Å²) < 4.78 is 0. The van der Waals surface area contributed by atoms with Crippen molar-refractivity contribution in [3.05, 3.63) is 125 Å². The first-order chi connectivity index (χ1) is 15.1. The van der Waals surface area contributed by atoms with Gasteiger partial charge in [0, 0.05) is 17.3 Å². The maximum absolute atomic E-state index is 12.1. The van der Waals surface area contributed by atoms with E-state index in [0.29, 0.717) is 12.2 Å². The van der Waals surface area contributed by atoms with Crippen LogP contribution in [0.4, 0.5) is 0 Å². The number of hydrogen-bond acceptors (Lipinski definition) is 2. The number of phenolic OH excluding ortho intramolecular Hbond substituents is 1. The molecule has 4 rings (SSSR count). The summed E-state index contributed by atoms with van der Waals surface area (Å²) in [6.45, 7) is 1.59. The number of aromatic hydroxyl groups is 1. The van der Waals surface area contributed by atoms with Crippen LogP contribution in [0, 0.1) is 0 Å². The van der Waals surface area contributed by atoms with Gasteiger partial charge in [0.05, 0.1) is 0 Å². The number of benzene rings is 4. The molecule has 0 aliphatic heterocycles. The Morgan fingerprint density at radius 1 is 0.710 bits per heavy atom. The van der Waals surface area contributed by atoms with Crippen LogP contribution in [0.2, 0.25) is 0 Å². The van der Waals surface area contributed by atoms with Crippen LogP contribution in [0.5, 0.6) is 5.75 Å².